The average Bonchev–Trinajstić information content (AvgIpc) is 2.38. The van der Waals surface area contributed by atoms with Crippen LogP contribution in [-0.4, -0.2) is 24.7 Å². The van der Waals surface area contributed by atoms with E-state index < -0.39 is 5.91 Å². The first kappa shape index (κ1) is 14.9. The van der Waals surface area contributed by atoms with Gasteiger partial charge in [-0.25, -0.2) is 0 Å². The van der Waals surface area contributed by atoms with Crippen molar-refractivity contribution in [2.45, 2.75) is 19.8 Å². The second-order valence-corrected chi connectivity index (χ2v) is 4.07. The van der Waals surface area contributed by atoms with Gasteiger partial charge in [0.2, 0.25) is 0 Å². The largest absolute Gasteiger partial charge is 0.504 e. The molecule has 19 heavy (non-hydrogen) atoms. The van der Waals surface area contributed by atoms with E-state index in [1.165, 1.54) is 19.2 Å². The van der Waals surface area contributed by atoms with Crippen molar-refractivity contribution in [3.8, 4) is 11.5 Å². The van der Waals surface area contributed by atoms with E-state index >= 15 is 0 Å². The lowest BCUT2D eigenvalue weighted by atomic mass is 10.1. The van der Waals surface area contributed by atoms with E-state index in [9.17, 15) is 9.90 Å². The molecule has 0 spiro atoms. The number of amides is 1. The minimum absolute atomic E-state index is 0.0246. The van der Waals surface area contributed by atoms with Gasteiger partial charge in [0.15, 0.2) is 11.5 Å². The molecule has 1 amide bonds. The first-order chi connectivity index (χ1) is 9.10. The van der Waals surface area contributed by atoms with E-state index in [1.807, 2.05) is 13.0 Å². The van der Waals surface area contributed by atoms with Crippen LogP contribution in [-0.2, 0) is 0 Å². The van der Waals surface area contributed by atoms with Crippen LogP contribution in [0.15, 0.2) is 24.3 Å². The van der Waals surface area contributed by atoms with Crippen LogP contribution in [0, 0.1) is 0 Å². The number of aromatic hydroxyl groups is 1. The zero-order valence-corrected chi connectivity index (χ0v) is 11.3. The van der Waals surface area contributed by atoms with Crippen molar-refractivity contribution in [2.75, 3.05) is 19.0 Å². The molecule has 0 radical (unpaired) electrons. The van der Waals surface area contributed by atoms with Gasteiger partial charge in [-0.3, -0.25) is 4.79 Å². The second kappa shape index (κ2) is 7.31. The van der Waals surface area contributed by atoms with Gasteiger partial charge in [0, 0.05) is 12.6 Å². The first-order valence-corrected chi connectivity index (χ1v) is 6.16. The van der Waals surface area contributed by atoms with E-state index in [1.54, 1.807) is 0 Å². The molecule has 1 aromatic carbocycles. The fraction of sp³-hybridized carbons (Fsp3) is 0.357. The number of unbranched alkanes of at least 4 members (excludes halogenated alkanes) is 1. The molecule has 0 saturated heterocycles. The molecule has 5 heteroatoms. The Kier molecular flexibility index (Phi) is 5.73. The summed E-state index contributed by atoms with van der Waals surface area (Å²) in [6.07, 6.45) is 5.95. The monoisotopic (exact) mass is 264 g/mol. The Bertz CT molecular complexity index is 470. The van der Waals surface area contributed by atoms with Crippen molar-refractivity contribution in [3.05, 3.63) is 29.8 Å². The molecular weight excluding hydrogens is 244 g/mol. The molecule has 0 aliphatic rings. The number of nitrogens with one attached hydrogen (secondary N) is 1. The summed E-state index contributed by atoms with van der Waals surface area (Å²) in [6.45, 7) is 2.66. The summed E-state index contributed by atoms with van der Waals surface area (Å²) >= 11 is 0. The Morgan fingerprint density at radius 3 is 2.84 bits per heavy atom. The summed E-state index contributed by atoms with van der Waals surface area (Å²) in [6, 6.07) is 2.89. The maximum absolute atomic E-state index is 11.4. The van der Waals surface area contributed by atoms with Crippen LogP contribution in [0.4, 0.5) is 5.69 Å². The number of benzene rings is 1. The molecule has 0 fully saturated rings. The van der Waals surface area contributed by atoms with E-state index in [0.717, 1.165) is 12.8 Å². The highest BCUT2D eigenvalue weighted by Gasteiger charge is 2.13. The summed E-state index contributed by atoms with van der Waals surface area (Å²) in [5, 5.41) is 12.8. The molecule has 4 N–H and O–H groups in total. The number of anilines is 1. The van der Waals surface area contributed by atoms with E-state index in [-0.39, 0.29) is 11.5 Å². The summed E-state index contributed by atoms with van der Waals surface area (Å²) in [4.78, 5) is 11.4. The highest BCUT2D eigenvalue weighted by Crippen LogP contribution is 2.32. The van der Waals surface area contributed by atoms with Crippen LogP contribution >= 0.6 is 0 Å². The molecule has 0 heterocycles. The number of phenolic OH excluding ortho intramolecular Hbond substituents is 1. The fourth-order valence-corrected chi connectivity index (χ4v) is 1.69. The summed E-state index contributed by atoms with van der Waals surface area (Å²) in [5.41, 5.74) is 6.14. The smallest absolute Gasteiger partial charge is 0.250 e. The number of hydrogen-bond acceptors (Lipinski definition) is 4. The Morgan fingerprint density at radius 2 is 2.26 bits per heavy atom. The Hall–Kier alpha value is -2.17. The van der Waals surface area contributed by atoms with E-state index in [4.69, 9.17) is 10.5 Å². The summed E-state index contributed by atoms with van der Waals surface area (Å²) in [5.74, 6) is -0.356. The molecule has 1 aromatic rings. The minimum Gasteiger partial charge on any atom is -0.504 e. The Labute approximate surface area is 113 Å². The number of hydrogen-bond donors (Lipinski definition) is 3. The predicted octanol–water partition coefficient (Wildman–Crippen LogP) is 2.27. The number of rotatable bonds is 7. The highest BCUT2D eigenvalue weighted by molar-refractivity contribution is 5.99. The third-order valence-electron chi connectivity index (χ3n) is 2.68. The lowest BCUT2D eigenvalue weighted by Crippen LogP contribution is -2.15. The quantitative estimate of drug-likeness (QED) is 0.521. The zero-order valence-electron chi connectivity index (χ0n) is 11.3. The second-order valence-electron chi connectivity index (χ2n) is 4.07. The number of allylic oxidation sites excluding steroid dienone is 2. The number of methoxy groups -OCH3 is 1. The Morgan fingerprint density at radius 1 is 1.53 bits per heavy atom. The molecule has 0 bridgehead atoms. The van der Waals surface area contributed by atoms with Crippen LogP contribution in [0.5, 0.6) is 11.5 Å². The average molecular weight is 264 g/mol. The van der Waals surface area contributed by atoms with Gasteiger partial charge in [-0.2, -0.15) is 0 Å². The van der Waals surface area contributed by atoms with Gasteiger partial charge in [0.1, 0.15) is 0 Å². The SMILES string of the molecule is C/C=C\CCCNc1cc(O)c(OC)cc1C(N)=O. The lowest BCUT2D eigenvalue weighted by molar-refractivity contribution is 0.100. The number of ether oxygens (including phenoxy) is 1. The third kappa shape index (κ3) is 4.21. The maximum atomic E-state index is 11.4. The molecule has 0 atom stereocenters. The minimum atomic E-state index is -0.561. The van der Waals surface area contributed by atoms with Crippen molar-refractivity contribution in [1.29, 1.82) is 0 Å². The van der Waals surface area contributed by atoms with Crippen LogP contribution in [0.25, 0.3) is 0 Å². The fourth-order valence-electron chi connectivity index (χ4n) is 1.69. The number of carbonyl (C=O) groups is 1. The molecule has 0 unspecified atom stereocenters. The maximum Gasteiger partial charge on any atom is 0.250 e. The van der Waals surface area contributed by atoms with E-state index in [0.29, 0.717) is 17.8 Å². The van der Waals surface area contributed by atoms with Crippen molar-refractivity contribution in [1.82, 2.24) is 0 Å². The molecule has 0 saturated carbocycles. The molecule has 0 aromatic heterocycles. The number of nitrogens with two attached hydrogens (primary N) is 1. The molecular formula is C14H20N2O3. The van der Waals surface area contributed by atoms with Gasteiger partial charge in [-0.1, -0.05) is 12.2 Å². The standard InChI is InChI=1S/C14H20N2O3/c1-3-4-5-6-7-16-11-9-12(17)13(19-2)8-10(11)14(15)18/h3-4,8-9,16-17H,5-7H2,1-2H3,(H2,15,18)/b4-3-. The van der Waals surface area contributed by atoms with Gasteiger partial charge < -0.3 is 20.9 Å². The van der Waals surface area contributed by atoms with Gasteiger partial charge in [0.05, 0.1) is 18.4 Å². The van der Waals surface area contributed by atoms with Crippen LogP contribution < -0.4 is 15.8 Å². The molecule has 0 aliphatic heterocycles. The number of carbonyl (C=O) groups excluding carboxylic acids is 1. The summed E-state index contributed by atoms with van der Waals surface area (Å²) in [7, 11) is 1.42. The topological polar surface area (TPSA) is 84.6 Å². The zero-order chi connectivity index (χ0) is 14.3. The van der Waals surface area contributed by atoms with Gasteiger partial charge >= 0.3 is 0 Å². The van der Waals surface area contributed by atoms with Crippen LogP contribution in [0.2, 0.25) is 0 Å². The molecule has 1 rings (SSSR count). The van der Waals surface area contributed by atoms with E-state index in [2.05, 4.69) is 11.4 Å². The normalized spacial score (nSPS) is 10.6. The van der Waals surface area contributed by atoms with Crippen molar-refractivity contribution >= 4 is 11.6 Å². The van der Waals surface area contributed by atoms with Crippen LogP contribution in [0.1, 0.15) is 30.1 Å². The van der Waals surface area contributed by atoms with Gasteiger partial charge in [-0.05, 0) is 25.8 Å². The Balaban J connectivity index is 2.81. The molecule has 104 valence electrons. The summed E-state index contributed by atoms with van der Waals surface area (Å²) < 4.78 is 4.95. The molecule has 5 nitrogen and oxygen atoms in total. The van der Waals surface area contributed by atoms with Crippen molar-refractivity contribution in [2.24, 2.45) is 5.73 Å². The molecule has 0 aliphatic carbocycles. The van der Waals surface area contributed by atoms with Crippen molar-refractivity contribution in [3.63, 3.8) is 0 Å². The first-order valence-electron chi connectivity index (χ1n) is 6.16. The van der Waals surface area contributed by atoms with Crippen LogP contribution in [0.3, 0.4) is 0 Å². The predicted molar refractivity (Wildman–Crippen MR) is 75.7 cm³/mol. The number of primary amides is 1. The lowest BCUT2D eigenvalue weighted by Gasteiger charge is -2.12. The van der Waals surface area contributed by atoms with Gasteiger partial charge in [-0.15, -0.1) is 0 Å². The van der Waals surface area contributed by atoms with Crippen molar-refractivity contribution < 1.29 is 14.6 Å². The third-order valence-corrected chi connectivity index (χ3v) is 2.68. The number of phenols is 1. The highest BCUT2D eigenvalue weighted by atomic mass is 16.5. The van der Waals surface area contributed by atoms with Gasteiger partial charge in [0.25, 0.3) is 5.91 Å².